The Labute approximate surface area is 181 Å². The molecule has 0 fully saturated rings. The number of rotatable bonds is 6. The summed E-state index contributed by atoms with van der Waals surface area (Å²) < 4.78 is 35.7. The maximum absolute atomic E-state index is 13.0. The molecule has 8 nitrogen and oxygen atoms in total. The second kappa shape index (κ2) is 8.89. The minimum atomic E-state index is -3.87. The lowest BCUT2D eigenvalue weighted by Gasteiger charge is -2.14. The monoisotopic (exact) mass is 440 g/mol. The quantitative estimate of drug-likeness (QED) is 0.587. The molecule has 4 rings (SSSR count). The Bertz CT molecular complexity index is 1190. The van der Waals surface area contributed by atoms with Gasteiger partial charge in [0.2, 0.25) is 0 Å². The Kier molecular flexibility index (Phi) is 6.03. The minimum Gasteiger partial charge on any atom is -0.462 e. The Morgan fingerprint density at radius 1 is 1.06 bits per heavy atom. The normalized spacial score (nSPS) is 13.8. The van der Waals surface area contributed by atoms with Gasteiger partial charge in [0.1, 0.15) is 5.82 Å². The third-order valence-electron chi connectivity index (χ3n) is 5.20. The van der Waals surface area contributed by atoms with Crippen LogP contribution >= 0.6 is 0 Å². The second-order valence-corrected chi connectivity index (χ2v) is 8.98. The maximum atomic E-state index is 13.0. The van der Waals surface area contributed by atoms with Crippen molar-refractivity contribution in [3.05, 3.63) is 59.9 Å². The van der Waals surface area contributed by atoms with E-state index in [-0.39, 0.29) is 11.5 Å². The molecule has 0 bridgehead atoms. The van der Waals surface area contributed by atoms with Crippen LogP contribution in [0.5, 0.6) is 0 Å². The third kappa shape index (κ3) is 4.46. The molecule has 9 heteroatoms. The molecule has 0 unspecified atom stereocenters. The van der Waals surface area contributed by atoms with Crippen LogP contribution in [-0.2, 0) is 27.7 Å². The fourth-order valence-corrected chi connectivity index (χ4v) is 4.72. The predicted molar refractivity (Wildman–Crippen MR) is 116 cm³/mol. The van der Waals surface area contributed by atoms with Gasteiger partial charge in [-0.25, -0.2) is 13.2 Å². The van der Waals surface area contributed by atoms with Gasteiger partial charge in [0.05, 0.1) is 22.8 Å². The van der Waals surface area contributed by atoms with E-state index in [4.69, 9.17) is 4.74 Å². The first-order chi connectivity index (χ1) is 15.0. The van der Waals surface area contributed by atoms with Crippen LogP contribution in [0.4, 0.5) is 5.69 Å². The van der Waals surface area contributed by atoms with Gasteiger partial charge in [0.15, 0.2) is 5.82 Å². The van der Waals surface area contributed by atoms with Crippen molar-refractivity contribution in [2.24, 2.45) is 0 Å². The molecule has 0 saturated heterocycles. The molecule has 0 spiro atoms. The van der Waals surface area contributed by atoms with Crippen molar-refractivity contribution in [1.82, 2.24) is 14.8 Å². The lowest BCUT2D eigenvalue weighted by atomic mass is 10.1. The number of benzene rings is 2. The Morgan fingerprint density at radius 2 is 1.84 bits per heavy atom. The molecule has 2 aromatic carbocycles. The van der Waals surface area contributed by atoms with Crippen molar-refractivity contribution in [2.75, 3.05) is 11.3 Å². The lowest BCUT2D eigenvalue weighted by molar-refractivity contribution is 0.0526. The summed E-state index contributed by atoms with van der Waals surface area (Å²) in [7, 11) is -3.87. The number of hydrogen-bond acceptors (Lipinski definition) is 6. The number of nitrogens with zero attached hydrogens (tertiary/aromatic N) is 3. The van der Waals surface area contributed by atoms with E-state index in [1.807, 2.05) is 12.1 Å². The van der Waals surface area contributed by atoms with Gasteiger partial charge in [-0.05, 0) is 56.2 Å². The van der Waals surface area contributed by atoms with Crippen LogP contribution in [0.2, 0.25) is 0 Å². The molecule has 0 atom stereocenters. The molecule has 1 N–H and O–H groups in total. The SMILES string of the molecule is CCOC(=O)c1ccc(S(=O)(=O)Nc2ccccc2-c2nnc3n2CCCCC3)cc1. The molecule has 0 amide bonds. The number of carbonyl (C=O) groups excluding carboxylic acids is 1. The van der Waals surface area contributed by atoms with E-state index in [0.29, 0.717) is 22.6 Å². The van der Waals surface area contributed by atoms with Crippen LogP contribution in [0.25, 0.3) is 11.4 Å². The lowest BCUT2D eigenvalue weighted by Crippen LogP contribution is -2.14. The number of aryl methyl sites for hydroxylation is 1. The van der Waals surface area contributed by atoms with Crippen molar-refractivity contribution in [2.45, 2.75) is 44.0 Å². The number of ether oxygens (including phenoxy) is 1. The first-order valence-electron chi connectivity index (χ1n) is 10.3. The van der Waals surface area contributed by atoms with Crippen molar-refractivity contribution in [3.8, 4) is 11.4 Å². The summed E-state index contributed by atoms with van der Waals surface area (Å²) >= 11 is 0. The summed E-state index contributed by atoms with van der Waals surface area (Å²) in [6, 6.07) is 12.8. The van der Waals surface area contributed by atoms with Crippen molar-refractivity contribution in [1.29, 1.82) is 0 Å². The Balaban J connectivity index is 1.63. The highest BCUT2D eigenvalue weighted by molar-refractivity contribution is 7.92. The first-order valence-corrected chi connectivity index (χ1v) is 11.8. The zero-order valence-corrected chi connectivity index (χ0v) is 18.1. The summed E-state index contributed by atoms with van der Waals surface area (Å²) in [6.07, 6.45) is 4.12. The van der Waals surface area contributed by atoms with Gasteiger partial charge in [-0.1, -0.05) is 18.6 Å². The van der Waals surface area contributed by atoms with Gasteiger partial charge in [0.25, 0.3) is 10.0 Å². The van der Waals surface area contributed by atoms with Gasteiger partial charge < -0.3 is 9.30 Å². The average Bonchev–Trinajstić information content (AvgIpc) is 3.02. The molecular formula is C22H24N4O4S. The van der Waals surface area contributed by atoms with Crippen LogP contribution in [0.1, 0.15) is 42.4 Å². The number of hydrogen-bond donors (Lipinski definition) is 1. The van der Waals surface area contributed by atoms with E-state index in [2.05, 4.69) is 19.5 Å². The highest BCUT2D eigenvalue weighted by Crippen LogP contribution is 2.30. The molecule has 1 aliphatic heterocycles. The molecule has 31 heavy (non-hydrogen) atoms. The largest absolute Gasteiger partial charge is 0.462 e. The highest BCUT2D eigenvalue weighted by Gasteiger charge is 2.21. The number of anilines is 1. The van der Waals surface area contributed by atoms with Crippen LogP contribution in [0, 0.1) is 0 Å². The van der Waals surface area contributed by atoms with E-state index in [1.165, 1.54) is 24.3 Å². The van der Waals surface area contributed by atoms with E-state index in [9.17, 15) is 13.2 Å². The van der Waals surface area contributed by atoms with E-state index in [1.54, 1.807) is 19.1 Å². The summed E-state index contributed by atoms with van der Waals surface area (Å²) in [5.41, 5.74) is 1.40. The van der Waals surface area contributed by atoms with Gasteiger partial charge in [-0.2, -0.15) is 0 Å². The number of para-hydroxylation sites is 1. The van der Waals surface area contributed by atoms with Gasteiger partial charge >= 0.3 is 5.97 Å². The molecule has 162 valence electrons. The molecule has 0 radical (unpaired) electrons. The summed E-state index contributed by atoms with van der Waals surface area (Å²) in [5, 5.41) is 8.67. The molecule has 1 aliphatic rings. The number of aromatic nitrogens is 3. The second-order valence-electron chi connectivity index (χ2n) is 7.30. The molecular weight excluding hydrogens is 416 g/mol. The minimum absolute atomic E-state index is 0.0513. The molecule has 2 heterocycles. The standard InChI is InChI=1S/C22H24N4O4S/c1-2-30-22(27)16-11-13-17(14-12-16)31(28,29)25-19-9-6-5-8-18(19)21-24-23-20-10-4-3-7-15-26(20)21/h5-6,8-9,11-14,25H,2-4,7,10,15H2,1H3. The maximum Gasteiger partial charge on any atom is 0.338 e. The molecule has 3 aromatic rings. The molecule has 0 saturated carbocycles. The number of nitrogens with one attached hydrogen (secondary N) is 1. The molecule has 1 aromatic heterocycles. The Morgan fingerprint density at radius 3 is 2.61 bits per heavy atom. The topological polar surface area (TPSA) is 103 Å². The zero-order valence-electron chi connectivity index (χ0n) is 17.2. The fraction of sp³-hybridized carbons (Fsp3) is 0.318. The summed E-state index contributed by atoms with van der Waals surface area (Å²) in [5.74, 6) is 1.10. The summed E-state index contributed by atoms with van der Waals surface area (Å²) in [4.78, 5) is 11.9. The number of fused-ring (bicyclic) bond motifs is 1. The van der Waals surface area contributed by atoms with E-state index >= 15 is 0 Å². The third-order valence-corrected chi connectivity index (χ3v) is 6.58. The van der Waals surface area contributed by atoms with Crippen LogP contribution < -0.4 is 4.72 Å². The van der Waals surface area contributed by atoms with Gasteiger partial charge in [0, 0.05) is 18.5 Å². The van der Waals surface area contributed by atoms with Crippen molar-refractivity contribution < 1.29 is 17.9 Å². The predicted octanol–water partition coefficient (Wildman–Crippen LogP) is 3.65. The van der Waals surface area contributed by atoms with Crippen LogP contribution in [0.15, 0.2) is 53.4 Å². The van der Waals surface area contributed by atoms with E-state index in [0.717, 1.165) is 38.1 Å². The average molecular weight is 441 g/mol. The van der Waals surface area contributed by atoms with Crippen LogP contribution in [0.3, 0.4) is 0 Å². The number of esters is 1. The van der Waals surface area contributed by atoms with Crippen molar-refractivity contribution in [3.63, 3.8) is 0 Å². The van der Waals surface area contributed by atoms with Gasteiger partial charge in [-0.15, -0.1) is 10.2 Å². The Hall–Kier alpha value is -3.20. The number of carbonyl (C=O) groups is 1. The summed E-state index contributed by atoms with van der Waals surface area (Å²) in [6.45, 7) is 2.78. The molecule has 0 aliphatic carbocycles. The fourth-order valence-electron chi connectivity index (χ4n) is 3.64. The van der Waals surface area contributed by atoms with Crippen molar-refractivity contribution >= 4 is 21.7 Å². The first kappa shape index (κ1) is 21.0. The van der Waals surface area contributed by atoms with E-state index < -0.39 is 16.0 Å². The number of sulfonamides is 1. The zero-order chi connectivity index (χ0) is 21.8. The van der Waals surface area contributed by atoms with Crippen LogP contribution in [-0.4, -0.2) is 35.8 Å². The highest BCUT2D eigenvalue weighted by atomic mass is 32.2. The van der Waals surface area contributed by atoms with Gasteiger partial charge in [-0.3, -0.25) is 4.72 Å². The smallest absolute Gasteiger partial charge is 0.338 e.